The summed E-state index contributed by atoms with van der Waals surface area (Å²) in [7, 11) is 0. The third-order valence-corrected chi connectivity index (χ3v) is 5.45. The van der Waals surface area contributed by atoms with Crippen LogP contribution in [0.3, 0.4) is 0 Å². The molecule has 13 heteroatoms. The maximum atomic E-state index is 15.2. The molecule has 1 aromatic carbocycles. The molecule has 1 aliphatic rings. The number of rotatable bonds is 6. The molecule has 11 nitrogen and oxygen atoms in total. The van der Waals surface area contributed by atoms with Crippen LogP contribution in [0.15, 0.2) is 35.3 Å². The molecule has 3 aromatic rings. The summed E-state index contributed by atoms with van der Waals surface area (Å²) in [5, 5.41) is 0.528. The van der Waals surface area contributed by atoms with E-state index in [1.54, 1.807) is 24.3 Å². The number of fused-ring (bicyclic) bond motifs is 1. The summed E-state index contributed by atoms with van der Waals surface area (Å²) in [4.78, 5) is 45.0. The van der Waals surface area contributed by atoms with E-state index in [-0.39, 0.29) is 30.1 Å². The van der Waals surface area contributed by atoms with E-state index in [4.69, 9.17) is 31.5 Å². The molecule has 3 heterocycles. The number of carbonyl (C=O) groups excluding carboxylic acids is 2. The highest BCUT2D eigenvalue weighted by Gasteiger charge is 2.51. The van der Waals surface area contributed by atoms with Gasteiger partial charge in [0, 0.05) is 18.4 Å². The maximum absolute atomic E-state index is 15.2. The van der Waals surface area contributed by atoms with Crippen molar-refractivity contribution in [3.8, 4) is 0 Å². The van der Waals surface area contributed by atoms with Gasteiger partial charge < -0.3 is 19.9 Å². The molecule has 0 aliphatic carbocycles. The molecule has 1 fully saturated rings. The Labute approximate surface area is 197 Å². The number of ether oxygens (including phenoxy) is 3. The zero-order valence-electron chi connectivity index (χ0n) is 18.2. The van der Waals surface area contributed by atoms with Crippen molar-refractivity contribution in [1.82, 2.24) is 19.1 Å². The lowest BCUT2D eigenvalue weighted by molar-refractivity contribution is -0.188. The molecule has 1 aliphatic heterocycles. The summed E-state index contributed by atoms with van der Waals surface area (Å²) in [6.07, 6.45) is -5.49. The molecule has 0 unspecified atom stereocenters. The van der Waals surface area contributed by atoms with Crippen LogP contribution in [0, 0.1) is 0 Å². The van der Waals surface area contributed by atoms with E-state index in [0.29, 0.717) is 5.02 Å². The number of alkyl halides is 1. The molecule has 2 aromatic heterocycles. The summed E-state index contributed by atoms with van der Waals surface area (Å²) in [6.45, 7) is 2.72. The molecule has 4 rings (SSSR count). The fourth-order valence-electron chi connectivity index (χ4n) is 3.66. The van der Waals surface area contributed by atoms with Crippen molar-refractivity contribution in [2.24, 2.45) is 0 Å². The number of imidazole rings is 1. The van der Waals surface area contributed by atoms with Gasteiger partial charge in [-0.15, -0.1) is 0 Å². The van der Waals surface area contributed by atoms with E-state index in [2.05, 4.69) is 9.97 Å². The van der Waals surface area contributed by atoms with Crippen molar-refractivity contribution in [3.05, 3.63) is 51.5 Å². The Balaban J connectivity index is 1.83. The SMILES string of the molecule is CCC(=O)O[C@H]1O[C@@H](n2c(=O)n(Cc3ccc(Cl)cc3)c3cnc(N)nc32)[C@H](OC(C)=O)[C@H]1F. The highest BCUT2D eigenvalue weighted by molar-refractivity contribution is 6.30. The van der Waals surface area contributed by atoms with Crippen molar-refractivity contribution < 1.29 is 28.2 Å². The van der Waals surface area contributed by atoms with Crippen molar-refractivity contribution in [1.29, 1.82) is 0 Å². The standard InChI is InChI=1S/C21H21ClFN5O6/c1-3-14(30)33-19-15(23)16(32-10(2)29)18(34-19)28-17-13(8-25-20(24)26-17)27(21(28)31)9-11-4-6-12(22)7-5-11/h4-8,15-16,18-19H,3,9H2,1-2H3,(H2,24,25,26)/t15-,16-,18-,19+/m1/s1. The second kappa shape index (κ2) is 9.39. The largest absolute Gasteiger partial charge is 0.454 e. The third kappa shape index (κ3) is 4.46. The average molecular weight is 494 g/mol. The van der Waals surface area contributed by atoms with Gasteiger partial charge in [-0.3, -0.25) is 14.2 Å². The van der Waals surface area contributed by atoms with Crippen LogP contribution in [0.25, 0.3) is 11.2 Å². The van der Waals surface area contributed by atoms with E-state index in [0.717, 1.165) is 17.1 Å². The van der Waals surface area contributed by atoms with Crippen LogP contribution in [0.5, 0.6) is 0 Å². The summed E-state index contributed by atoms with van der Waals surface area (Å²) < 4.78 is 33.2. The fraction of sp³-hybridized carbons (Fsp3) is 0.381. The number of aromatic nitrogens is 4. The van der Waals surface area contributed by atoms with Gasteiger partial charge in [0.2, 0.25) is 18.4 Å². The summed E-state index contributed by atoms with van der Waals surface area (Å²) in [5.41, 5.74) is 6.14. The molecule has 180 valence electrons. The van der Waals surface area contributed by atoms with E-state index in [1.165, 1.54) is 17.7 Å². The predicted molar refractivity (Wildman–Crippen MR) is 117 cm³/mol. The van der Waals surface area contributed by atoms with Crippen molar-refractivity contribution in [2.75, 3.05) is 5.73 Å². The van der Waals surface area contributed by atoms with Crippen LogP contribution < -0.4 is 11.4 Å². The first-order chi connectivity index (χ1) is 16.2. The number of esters is 2. The number of hydrogen-bond donors (Lipinski definition) is 1. The monoisotopic (exact) mass is 493 g/mol. The first kappa shape index (κ1) is 23.6. The Hall–Kier alpha value is -3.51. The van der Waals surface area contributed by atoms with Crippen molar-refractivity contribution in [3.63, 3.8) is 0 Å². The third-order valence-electron chi connectivity index (χ3n) is 5.20. The number of hydrogen-bond acceptors (Lipinski definition) is 9. The van der Waals surface area contributed by atoms with Crippen molar-refractivity contribution >= 4 is 40.7 Å². The van der Waals surface area contributed by atoms with Crippen LogP contribution in [0.4, 0.5) is 10.3 Å². The van der Waals surface area contributed by atoms with E-state index < -0.39 is 42.4 Å². The van der Waals surface area contributed by atoms with Gasteiger partial charge in [0.25, 0.3) is 0 Å². The Morgan fingerprint density at radius 1 is 1.26 bits per heavy atom. The van der Waals surface area contributed by atoms with Gasteiger partial charge in [-0.1, -0.05) is 30.7 Å². The molecule has 0 spiro atoms. The topological polar surface area (TPSA) is 141 Å². The minimum absolute atomic E-state index is 0.0282. The molecule has 1 saturated heterocycles. The Morgan fingerprint density at radius 3 is 2.62 bits per heavy atom. The zero-order chi connectivity index (χ0) is 24.6. The molecule has 0 amide bonds. The molecule has 0 bridgehead atoms. The Kier molecular flexibility index (Phi) is 6.53. The quantitative estimate of drug-likeness (QED) is 0.510. The predicted octanol–water partition coefficient (Wildman–Crippen LogP) is 1.95. The fourth-order valence-corrected chi connectivity index (χ4v) is 3.78. The number of carbonyl (C=O) groups is 2. The van der Waals surface area contributed by atoms with Gasteiger partial charge in [0.05, 0.1) is 12.7 Å². The normalized spacial score (nSPS) is 22.1. The van der Waals surface area contributed by atoms with Crippen LogP contribution in [-0.2, 0) is 30.3 Å². The lowest BCUT2D eigenvalue weighted by Gasteiger charge is -2.19. The second-order valence-electron chi connectivity index (χ2n) is 7.56. The highest BCUT2D eigenvalue weighted by atomic mass is 35.5. The lowest BCUT2D eigenvalue weighted by Crippen LogP contribution is -2.37. The number of nitrogens with two attached hydrogens (primary N) is 1. The Morgan fingerprint density at radius 2 is 1.97 bits per heavy atom. The van der Waals surface area contributed by atoms with Gasteiger partial charge in [0.1, 0.15) is 5.52 Å². The molecular weight excluding hydrogens is 473 g/mol. The number of halogens is 2. The minimum atomic E-state index is -2.05. The van der Waals surface area contributed by atoms with Crippen molar-refractivity contribution in [2.45, 2.75) is 51.6 Å². The average Bonchev–Trinajstić information content (AvgIpc) is 3.22. The van der Waals surface area contributed by atoms with Crippen LogP contribution in [0.1, 0.15) is 32.1 Å². The van der Waals surface area contributed by atoms with E-state index in [1.807, 2.05) is 0 Å². The van der Waals surface area contributed by atoms with Gasteiger partial charge in [-0.05, 0) is 17.7 Å². The van der Waals surface area contributed by atoms with Crippen LogP contribution in [-0.4, -0.2) is 49.6 Å². The first-order valence-electron chi connectivity index (χ1n) is 10.3. The highest BCUT2D eigenvalue weighted by Crippen LogP contribution is 2.35. The zero-order valence-corrected chi connectivity index (χ0v) is 18.9. The number of anilines is 1. The smallest absolute Gasteiger partial charge is 0.332 e. The molecule has 0 saturated carbocycles. The van der Waals surface area contributed by atoms with E-state index >= 15 is 4.39 Å². The minimum Gasteiger partial charge on any atom is -0.454 e. The van der Waals surface area contributed by atoms with Crippen LogP contribution >= 0.6 is 11.6 Å². The van der Waals surface area contributed by atoms with Gasteiger partial charge >= 0.3 is 17.6 Å². The summed E-state index contributed by atoms with van der Waals surface area (Å²) in [6, 6.07) is 6.82. The van der Waals surface area contributed by atoms with E-state index in [9.17, 15) is 14.4 Å². The molecule has 2 N–H and O–H groups in total. The molecule has 4 atom stereocenters. The summed E-state index contributed by atoms with van der Waals surface area (Å²) in [5.74, 6) is -1.67. The lowest BCUT2D eigenvalue weighted by atomic mass is 10.2. The second-order valence-corrected chi connectivity index (χ2v) is 8.00. The molecule has 0 radical (unpaired) electrons. The molecule has 34 heavy (non-hydrogen) atoms. The van der Waals surface area contributed by atoms with Gasteiger partial charge in [-0.2, -0.15) is 4.98 Å². The first-order valence-corrected chi connectivity index (χ1v) is 10.7. The van der Waals surface area contributed by atoms with Gasteiger partial charge in [0.15, 0.2) is 18.0 Å². The summed E-state index contributed by atoms with van der Waals surface area (Å²) >= 11 is 5.94. The van der Waals surface area contributed by atoms with Gasteiger partial charge in [-0.25, -0.2) is 18.7 Å². The number of nitrogen functional groups attached to an aromatic ring is 1. The molecular formula is C21H21ClFN5O6. The number of benzene rings is 1. The maximum Gasteiger partial charge on any atom is 0.332 e. The van der Waals surface area contributed by atoms with Crippen LogP contribution in [0.2, 0.25) is 5.02 Å². The number of nitrogens with zero attached hydrogens (tertiary/aromatic N) is 4. The Bertz CT molecular complexity index is 1290.